The van der Waals surface area contributed by atoms with E-state index in [1.54, 1.807) is 36.0 Å². The Labute approximate surface area is 163 Å². The molecule has 0 radical (unpaired) electrons. The summed E-state index contributed by atoms with van der Waals surface area (Å²) in [5, 5.41) is 5.45. The molecule has 0 atom stereocenters. The predicted molar refractivity (Wildman–Crippen MR) is 105 cm³/mol. The first-order valence-electron chi connectivity index (χ1n) is 8.11. The number of thioether (sulfide) groups is 1. The largest absolute Gasteiger partial charge is 0.269 e. The molecule has 5 nitrogen and oxygen atoms in total. The van der Waals surface area contributed by atoms with Crippen molar-refractivity contribution in [3.05, 3.63) is 81.5 Å². The topological polar surface area (TPSA) is 52.7 Å². The van der Waals surface area contributed by atoms with Gasteiger partial charge in [-0.2, -0.15) is 5.10 Å². The van der Waals surface area contributed by atoms with Crippen LogP contribution in [0, 0.1) is 5.82 Å². The number of hydrogen-bond acceptors (Lipinski definition) is 4. The summed E-state index contributed by atoms with van der Waals surface area (Å²) in [6, 6.07) is 13.4. The number of benzene rings is 2. The summed E-state index contributed by atoms with van der Waals surface area (Å²) in [6.07, 6.45) is 1.50. The van der Waals surface area contributed by atoms with Gasteiger partial charge in [0, 0.05) is 12.8 Å². The van der Waals surface area contributed by atoms with Crippen LogP contribution in [0.4, 0.5) is 4.39 Å². The van der Waals surface area contributed by atoms with E-state index in [0.717, 1.165) is 5.56 Å². The predicted octanol–water partition coefficient (Wildman–Crippen LogP) is 4.20. The van der Waals surface area contributed by atoms with Gasteiger partial charge < -0.3 is 0 Å². The van der Waals surface area contributed by atoms with Crippen molar-refractivity contribution in [1.82, 2.24) is 19.3 Å². The summed E-state index contributed by atoms with van der Waals surface area (Å²) in [5.74, 6) is 0.157. The molecule has 0 saturated heterocycles. The van der Waals surface area contributed by atoms with Crippen molar-refractivity contribution >= 4 is 34.4 Å². The van der Waals surface area contributed by atoms with Gasteiger partial charge in [0.05, 0.1) is 16.9 Å². The van der Waals surface area contributed by atoms with E-state index in [1.165, 1.54) is 34.7 Å². The standard InChI is InChI=1S/C19H14ClFN4OS/c1-24-17-14(10-22-24)18(26)25(16-8-3-2-7-15(16)20)19(23-17)27-11-12-5-4-6-13(21)9-12/h2-10H,11H2,1H3. The highest BCUT2D eigenvalue weighted by Gasteiger charge is 2.17. The van der Waals surface area contributed by atoms with Crippen LogP contribution in [-0.4, -0.2) is 19.3 Å². The van der Waals surface area contributed by atoms with Crippen molar-refractivity contribution in [2.75, 3.05) is 0 Å². The number of fused-ring (bicyclic) bond motifs is 1. The molecule has 0 amide bonds. The molecule has 0 aliphatic carbocycles. The zero-order chi connectivity index (χ0) is 19.0. The van der Waals surface area contributed by atoms with Crippen molar-refractivity contribution < 1.29 is 4.39 Å². The maximum absolute atomic E-state index is 13.5. The molecule has 4 rings (SSSR count). The summed E-state index contributed by atoms with van der Waals surface area (Å²) in [6.45, 7) is 0. The second-order valence-electron chi connectivity index (χ2n) is 5.91. The zero-order valence-electron chi connectivity index (χ0n) is 14.3. The van der Waals surface area contributed by atoms with Crippen LogP contribution in [0.2, 0.25) is 5.02 Å². The van der Waals surface area contributed by atoms with Gasteiger partial charge >= 0.3 is 0 Å². The molecule has 0 aliphatic heterocycles. The molecule has 0 spiro atoms. The minimum absolute atomic E-state index is 0.247. The number of para-hydroxylation sites is 1. The first kappa shape index (κ1) is 17.8. The molecule has 2 aromatic carbocycles. The molecule has 2 aromatic heterocycles. The van der Waals surface area contributed by atoms with Gasteiger partial charge in [-0.1, -0.05) is 47.6 Å². The lowest BCUT2D eigenvalue weighted by Crippen LogP contribution is -2.22. The molecule has 0 bridgehead atoms. The Bertz CT molecular complexity index is 1200. The number of rotatable bonds is 4. The number of nitrogens with zero attached hydrogens (tertiary/aromatic N) is 4. The van der Waals surface area contributed by atoms with Crippen molar-refractivity contribution in [3.8, 4) is 5.69 Å². The van der Waals surface area contributed by atoms with Crippen LogP contribution in [0.1, 0.15) is 5.56 Å². The summed E-state index contributed by atoms with van der Waals surface area (Å²) >= 11 is 7.67. The van der Waals surface area contributed by atoms with Gasteiger partial charge in [0.1, 0.15) is 11.2 Å². The van der Waals surface area contributed by atoms with Gasteiger partial charge in [-0.3, -0.25) is 14.0 Å². The summed E-state index contributed by atoms with van der Waals surface area (Å²) in [7, 11) is 1.73. The van der Waals surface area contributed by atoms with Crippen molar-refractivity contribution in [2.45, 2.75) is 10.9 Å². The fourth-order valence-electron chi connectivity index (χ4n) is 2.78. The molecule has 136 valence electrons. The Kier molecular flexibility index (Phi) is 4.72. The number of hydrogen-bond donors (Lipinski definition) is 0. The van der Waals surface area contributed by atoms with Gasteiger partial charge in [0.15, 0.2) is 10.8 Å². The third kappa shape index (κ3) is 3.36. The normalized spacial score (nSPS) is 11.2. The molecule has 0 aliphatic rings. The monoisotopic (exact) mass is 400 g/mol. The first-order chi connectivity index (χ1) is 13.0. The van der Waals surface area contributed by atoms with Crippen LogP contribution in [-0.2, 0) is 12.8 Å². The van der Waals surface area contributed by atoms with Gasteiger partial charge in [-0.15, -0.1) is 0 Å². The zero-order valence-corrected chi connectivity index (χ0v) is 15.8. The Morgan fingerprint density at radius 2 is 2.00 bits per heavy atom. The van der Waals surface area contributed by atoms with E-state index < -0.39 is 0 Å². The van der Waals surface area contributed by atoms with Crippen LogP contribution in [0.25, 0.3) is 16.7 Å². The van der Waals surface area contributed by atoms with Crippen LogP contribution in [0.5, 0.6) is 0 Å². The van der Waals surface area contributed by atoms with Gasteiger partial charge in [0.2, 0.25) is 0 Å². The third-order valence-electron chi connectivity index (χ3n) is 4.08. The lowest BCUT2D eigenvalue weighted by atomic mass is 10.2. The SMILES string of the molecule is Cn1ncc2c(=O)n(-c3ccccc3Cl)c(SCc3cccc(F)c3)nc21. The molecule has 0 fully saturated rings. The lowest BCUT2D eigenvalue weighted by Gasteiger charge is -2.13. The summed E-state index contributed by atoms with van der Waals surface area (Å²) in [5.41, 5.74) is 1.59. The number of aromatic nitrogens is 4. The lowest BCUT2D eigenvalue weighted by molar-refractivity contribution is 0.626. The Hall–Kier alpha value is -2.64. The third-order valence-corrected chi connectivity index (χ3v) is 5.41. The quantitative estimate of drug-likeness (QED) is 0.380. The highest BCUT2D eigenvalue weighted by molar-refractivity contribution is 7.98. The molecule has 0 saturated carbocycles. The average molecular weight is 401 g/mol. The van der Waals surface area contributed by atoms with E-state index >= 15 is 0 Å². The maximum Gasteiger partial charge on any atom is 0.269 e. The highest BCUT2D eigenvalue weighted by atomic mass is 35.5. The van der Waals surface area contributed by atoms with Crippen molar-refractivity contribution in [1.29, 1.82) is 0 Å². The maximum atomic E-state index is 13.5. The van der Waals surface area contributed by atoms with Gasteiger partial charge in [-0.05, 0) is 29.8 Å². The van der Waals surface area contributed by atoms with E-state index in [0.29, 0.717) is 32.7 Å². The van der Waals surface area contributed by atoms with E-state index in [2.05, 4.69) is 10.1 Å². The fraction of sp³-hybridized carbons (Fsp3) is 0.105. The van der Waals surface area contributed by atoms with E-state index in [1.807, 2.05) is 12.1 Å². The van der Waals surface area contributed by atoms with Crippen LogP contribution < -0.4 is 5.56 Å². The smallest absolute Gasteiger partial charge is 0.268 e. The van der Waals surface area contributed by atoms with Crippen LogP contribution in [0.3, 0.4) is 0 Å². The minimum Gasteiger partial charge on any atom is -0.268 e. The van der Waals surface area contributed by atoms with E-state index in [4.69, 9.17) is 11.6 Å². The first-order valence-corrected chi connectivity index (χ1v) is 9.48. The Balaban J connectivity index is 1.87. The molecular formula is C19H14ClFN4OS. The summed E-state index contributed by atoms with van der Waals surface area (Å²) in [4.78, 5) is 17.7. The second-order valence-corrected chi connectivity index (χ2v) is 7.26. The molecule has 0 unspecified atom stereocenters. The second kappa shape index (κ2) is 7.17. The average Bonchev–Trinajstić information content (AvgIpc) is 3.02. The Morgan fingerprint density at radius 3 is 2.78 bits per heavy atom. The highest BCUT2D eigenvalue weighted by Crippen LogP contribution is 2.27. The van der Waals surface area contributed by atoms with Crippen molar-refractivity contribution in [3.63, 3.8) is 0 Å². The van der Waals surface area contributed by atoms with E-state index in [9.17, 15) is 9.18 Å². The fourth-order valence-corrected chi connectivity index (χ4v) is 3.94. The Morgan fingerprint density at radius 1 is 1.19 bits per heavy atom. The molecule has 4 aromatic rings. The molecule has 27 heavy (non-hydrogen) atoms. The molecule has 8 heteroatoms. The molecule has 0 N–H and O–H groups in total. The van der Waals surface area contributed by atoms with E-state index in [-0.39, 0.29) is 11.4 Å². The van der Waals surface area contributed by atoms with Crippen LogP contribution >= 0.6 is 23.4 Å². The van der Waals surface area contributed by atoms with Gasteiger partial charge in [0.25, 0.3) is 5.56 Å². The molecular weight excluding hydrogens is 387 g/mol. The summed E-state index contributed by atoms with van der Waals surface area (Å²) < 4.78 is 16.5. The van der Waals surface area contributed by atoms with Crippen molar-refractivity contribution in [2.24, 2.45) is 7.05 Å². The molecule has 2 heterocycles. The van der Waals surface area contributed by atoms with Gasteiger partial charge in [-0.25, -0.2) is 9.37 Å². The van der Waals surface area contributed by atoms with Crippen LogP contribution in [0.15, 0.2) is 64.7 Å². The number of aryl methyl sites for hydroxylation is 1. The minimum atomic E-state index is -0.299. The number of halogens is 2.